The molecule has 1 fully saturated rings. The van der Waals surface area contributed by atoms with E-state index in [0.29, 0.717) is 12.8 Å². The molecule has 1 aliphatic rings. The van der Waals surface area contributed by atoms with Crippen LogP contribution in [0.15, 0.2) is 0 Å². The molecule has 100 valence electrons. The Morgan fingerprint density at radius 3 is 2.00 bits per heavy atom. The third-order valence-corrected chi connectivity index (χ3v) is 3.16. The van der Waals surface area contributed by atoms with Crippen LogP contribution in [0.2, 0.25) is 0 Å². The topological polar surface area (TPSA) is 52.9 Å². The van der Waals surface area contributed by atoms with Gasteiger partial charge in [0, 0.05) is 5.41 Å². The lowest BCUT2D eigenvalue weighted by molar-refractivity contribution is -0.120. The fraction of sp³-hybridized carbons (Fsp3) is 0.333. The SMILES string of the molecule is CC1(C(=O)Nc2c(F)c(F)c(C#N)c(F)c2F)CC1. The van der Waals surface area contributed by atoms with Gasteiger partial charge >= 0.3 is 0 Å². The summed E-state index contributed by atoms with van der Waals surface area (Å²) < 4.78 is 53.6. The van der Waals surface area contributed by atoms with Gasteiger partial charge in [0.25, 0.3) is 0 Å². The van der Waals surface area contributed by atoms with Crippen LogP contribution in [0, 0.1) is 40.0 Å². The fourth-order valence-electron chi connectivity index (χ4n) is 1.52. The van der Waals surface area contributed by atoms with Crippen molar-refractivity contribution >= 4 is 11.6 Å². The lowest BCUT2D eigenvalue weighted by Gasteiger charge is -2.13. The molecule has 3 nitrogen and oxygen atoms in total. The normalized spacial score (nSPS) is 15.8. The molecule has 19 heavy (non-hydrogen) atoms. The zero-order valence-corrected chi connectivity index (χ0v) is 9.78. The first kappa shape index (κ1) is 13.3. The molecule has 0 atom stereocenters. The van der Waals surface area contributed by atoms with Crippen molar-refractivity contribution in [1.29, 1.82) is 5.26 Å². The third kappa shape index (κ3) is 2.03. The number of benzene rings is 1. The number of carbonyl (C=O) groups excluding carboxylic acids is 1. The van der Waals surface area contributed by atoms with E-state index in [1.807, 2.05) is 5.32 Å². The molecule has 0 radical (unpaired) electrons. The van der Waals surface area contributed by atoms with Crippen molar-refractivity contribution in [2.24, 2.45) is 5.41 Å². The number of halogens is 4. The van der Waals surface area contributed by atoms with Crippen LogP contribution in [0.1, 0.15) is 25.3 Å². The van der Waals surface area contributed by atoms with E-state index in [-0.39, 0.29) is 0 Å². The first-order valence-corrected chi connectivity index (χ1v) is 5.39. The standard InChI is InChI=1S/C12H8F4N2O/c1-12(2-3-12)11(19)18-10-8(15)6(13)5(4-17)7(14)9(10)16/h2-3H2,1H3,(H,18,19). The van der Waals surface area contributed by atoms with Crippen LogP contribution < -0.4 is 5.32 Å². The van der Waals surface area contributed by atoms with Crippen molar-refractivity contribution in [3.8, 4) is 6.07 Å². The Hall–Kier alpha value is -2.10. The van der Waals surface area contributed by atoms with Crippen molar-refractivity contribution in [1.82, 2.24) is 0 Å². The molecule has 1 aromatic carbocycles. The summed E-state index contributed by atoms with van der Waals surface area (Å²) in [7, 11) is 0. The molecular formula is C12H8F4N2O. The molecule has 2 rings (SSSR count). The minimum atomic E-state index is -1.82. The monoisotopic (exact) mass is 272 g/mol. The zero-order chi connectivity index (χ0) is 14.4. The summed E-state index contributed by atoms with van der Waals surface area (Å²) in [5.41, 5.74) is -3.32. The smallest absolute Gasteiger partial charge is 0.230 e. The van der Waals surface area contributed by atoms with Crippen molar-refractivity contribution < 1.29 is 22.4 Å². The summed E-state index contributed by atoms with van der Waals surface area (Å²) in [5, 5.41) is 10.2. The zero-order valence-electron chi connectivity index (χ0n) is 9.78. The molecule has 0 unspecified atom stereocenters. The van der Waals surface area contributed by atoms with E-state index in [1.165, 1.54) is 0 Å². The van der Waals surface area contributed by atoms with Crippen LogP contribution in [0.4, 0.5) is 23.2 Å². The van der Waals surface area contributed by atoms with E-state index in [0.717, 1.165) is 6.07 Å². The van der Waals surface area contributed by atoms with Gasteiger partial charge in [-0.3, -0.25) is 4.79 Å². The molecule has 0 saturated heterocycles. The van der Waals surface area contributed by atoms with Crippen molar-refractivity contribution in [2.45, 2.75) is 19.8 Å². The molecule has 0 spiro atoms. The summed E-state index contributed by atoms with van der Waals surface area (Å²) in [6.45, 7) is 1.56. The van der Waals surface area contributed by atoms with Gasteiger partial charge in [0.15, 0.2) is 23.3 Å². The number of nitrogens with one attached hydrogen (secondary N) is 1. The van der Waals surface area contributed by atoms with E-state index in [2.05, 4.69) is 0 Å². The number of nitriles is 1. The average molecular weight is 272 g/mol. The maximum absolute atomic E-state index is 13.5. The third-order valence-electron chi connectivity index (χ3n) is 3.16. The second-order valence-electron chi connectivity index (χ2n) is 4.63. The number of hydrogen-bond acceptors (Lipinski definition) is 2. The van der Waals surface area contributed by atoms with Crippen LogP contribution in [0.25, 0.3) is 0 Å². The van der Waals surface area contributed by atoms with Gasteiger partial charge in [0.1, 0.15) is 17.3 Å². The van der Waals surface area contributed by atoms with Crippen molar-refractivity contribution in [2.75, 3.05) is 5.32 Å². The highest BCUT2D eigenvalue weighted by molar-refractivity contribution is 5.97. The predicted octanol–water partition coefficient (Wildman–Crippen LogP) is 2.85. The highest BCUT2D eigenvalue weighted by Crippen LogP contribution is 2.46. The number of anilines is 1. The number of amides is 1. The van der Waals surface area contributed by atoms with Crippen LogP contribution in [0.3, 0.4) is 0 Å². The predicted molar refractivity (Wildman–Crippen MR) is 57.0 cm³/mol. The second-order valence-corrected chi connectivity index (χ2v) is 4.63. The van der Waals surface area contributed by atoms with E-state index in [9.17, 15) is 22.4 Å². The molecule has 0 bridgehead atoms. The Kier molecular flexibility index (Phi) is 2.97. The second kappa shape index (κ2) is 4.23. The molecule has 1 amide bonds. The molecule has 1 aliphatic carbocycles. The van der Waals surface area contributed by atoms with Gasteiger partial charge in [-0.05, 0) is 12.8 Å². The fourth-order valence-corrected chi connectivity index (χ4v) is 1.52. The van der Waals surface area contributed by atoms with Gasteiger partial charge in [0.05, 0.1) is 0 Å². The molecule has 1 saturated carbocycles. The maximum atomic E-state index is 13.5. The van der Waals surface area contributed by atoms with Crippen LogP contribution in [-0.2, 0) is 4.79 Å². The van der Waals surface area contributed by atoms with Gasteiger partial charge in [-0.2, -0.15) is 5.26 Å². The van der Waals surface area contributed by atoms with Crippen molar-refractivity contribution in [3.05, 3.63) is 28.8 Å². The Morgan fingerprint density at radius 1 is 1.16 bits per heavy atom. The maximum Gasteiger partial charge on any atom is 0.230 e. The average Bonchev–Trinajstić information content (AvgIpc) is 3.12. The summed E-state index contributed by atoms with van der Waals surface area (Å²) in [6.07, 6.45) is 1.06. The van der Waals surface area contributed by atoms with Gasteiger partial charge < -0.3 is 5.32 Å². The molecular weight excluding hydrogens is 264 g/mol. The van der Waals surface area contributed by atoms with Gasteiger partial charge in [-0.25, -0.2) is 17.6 Å². The van der Waals surface area contributed by atoms with Crippen LogP contribution >= 0.6 is 0 Å². The van der Waals surface area contributed by atoms with E-state index in [4.69, 9.17) is 5.26 Å². The highest BCUT2D eigenvalue weighted by atomic mass is 19.2. The van der Waals surface area contributed by atoms with Gasteiger partial charge in [-0.1, -0.05) is 6.92 Å². The Labute approximate surface area is 105 Å². The molecule has 0 aromatic heterocycles. The lowest BCUT2D eigenvalue weighted by Crippen LogP contribution is -2.23. The van der Waals surface area contributed by atoms with E-state index < -0.39 is 45.8 Å². The summed E-state index contributed by atoms with van der Waals surface area (Å²) in [6, 6.07) is 1.03. The van der Waals surface area contributed by atoms with E-state index in [1.54, 1.807) is 6.92 Å². The Bertz CT molecular complexity index is 588. The van der Waals surface area contributed by atoms with Crippen LogP contribution in [0.5, 0.6) is 0 Å². The largest absolute Gasteiger partial charge is 0.321 e. The lowest BCUT2D eigenvalue weighted by atomic mass is 10.1. The van der Waals surface area contributed by atoms with Crippen molar-refractivity contribution in [3.63, 3.8) is 0 Å². The van der Waals surface area contributed by atoms with E-state index >= 15 is 0 Å². The van der Waals surface area contributed by atoms with Gasteiger partial charge in [0.2, 0.25) is 5.91 Å². The number of nitrogens with zero attached hydrogens (tertiary/aromatic N) is 1. The highest BCUT2D eigenvalue weighted by Gasteiger charge is 2.45. The first-order valence-electron chi connectivity index (χ1n) is 5.39. The molecule has 7 heteroatoms. The van der Waals surface area contributed by atoms with Gasteiger partial charge in [-0.15, -0.1) is 0 Å². The summed E-state index contributed by atoms with van der Waals surface area (Å²) in [5.74, 6) is -7.93. The Morgan fingerprint density at radius 2 is 1.63 bits per heavy atom. The number of carbonyl (C=O) groups is 1. The molecule has 0 aliphatic heterocycles. The molecule has 0 heterocycles. The number of hydrogen-bond donors (Lipinski definition) is 1. The van der Waals surface area contributed by atoms with Crippen LogP contribution in [-0.4, -0.2) is 5.91 Å². The Balaban J connectivity index is 2.47. The molecule has 1 N–H and O–H groups in total. The minimum Gasteiger partial charge on any atom is -0.321 e. The summed E-state index contributed by atoms with van der Waals surface area (Å²) in [4.78, 5) is 11.6. The first-order chi connectivity index (χ1) is 8.81. The summed E-state index contributed by atoms with van der Waals surface area (Å²) >= 11 is 0. The quantitative estimate of drug-likeness (QED) is 0.664. The molecule has 1 aromatic rings. The minimum absolute atomic E-state index is 0.531. The number of rotatable bonds is 2.